The van der Waals surface area contributed by atoms with E-state index in [0.717, 1.165) is 25.1 Å². The van der Waals surface area contributed by atoms with E-state index in [2.05, 4.69) is 30.9 Å². The number of likely N-dealkylation sites (tertiary alicyclic amines) is 1. The molecule has 1 saturated heterocycles. The average Bonchev–Trinajstić information content (AvgIpc) is 2.72. The Morgan fingerprint density at radius 2 is 2.05 bits per heavy atom. The lowest BCUT2D eigenvalue weighted by Crippen LogP contribution is -2.46. The molecule has 0 bridgehead atoms. The number of nitrogens with zero attached hydrogens (tertiary/aromatic N) is 2. The van der Waals surface area contributed by atoms with Gasteiger partial charge in [0.25, 0.3) is 0 Å². The lowest BCUT2D eigenvalue weighted by atomic mass is 9.73. The molecule has 0 radical (unpaired) electrons. The summed E-state index contributed by atoms with van der Waals surface area (Å²) in [6, 6.07) is 8.98. The molecule has 0 unspecified atom stereocenters. The summed E-state index contributed by atoms with van der Waals surface area (Å²) >= 11 is 0. The highest BCUT2D eigenvalue weighted by atomic mass is 15.2. The number of rotatable bonds is 1. The van der Waals surface area contributed by atoms with Crippen LogP contribution in [-0.2, 0) is 6.42 Å². The second kappa shape index (κ2) is 4.87. The number of benzene rings is 1. The number of nitrogens with two attached hydrogens (primary N) is 1. The van der Waals surface area contributed by atoms with E-state index in [9.17, 15) is 0 Å². The molecular formula is C17H23N3. The van der Waals surface area contributed by atoms with Crippen LogP contribution in [0.1, 0.15) is 49.4 Å². The molecule has 1 heterocycles. The molecule has 1 fully saturated rings. The van der Waals surface area contributed by atoms with E-state index in [4.69, 9.17) is 11.0 Å². The van der Waals surface area contributed by atoms with Crippen LogP contribution < -0.4 is 5.73 Å². The van der Waals surface area contributed by atoms with Crippen molar-refractivity contribution in [1.82, 2.24) is 4.90 Å². The molecule has 20 heavy (non-hydrogen) atoms. The minimum atomic E-state index is 0.0973. The zero-order chi connectivity index (χ0) is 14.3. The lowest BCUT2D eigenvalue weighted by molar-refractivity contribution is 0.0710. The number of hydrogen-bond acceptors (Lipinski definition) is 3. The van der Waals surface area contributed by atoms with Gasteiger partial charge in [-0.15, -0.1) is 0 Å². The quantitative estimate of drug-likeness (QED) is 0.852. The van der Waals surface area contributed by atoms with Crippen molar-refractivity contribution in [3.05, 3.63) is 34.9 Å². The second-order valence-electron chi connectivity index (χ2n) is 6.67. The van der Waals surface area contributed by atoms with Gasteiger partial charge >= 0.3 is 0 Å². The van der Waals surface area contributed by atoms with Crippen molar-refractivity contribution in [3.8, 4) is 6.07 Å². The fourth-order valence-electron chi connectivity index (χ4n) is 3.91. The molecule has 0 saturated carbocycles. The van der Waals surface area contributed by atoms with Crippen molar-refractivity contribution in [2.24, 2.45) is 11.1 Å². The molecule has 3 heteroatoms. The Bertz CT molecular complexity index is 548. The van der Waals surface area contributed by atoms with Crippen LogP contribution in [0, 0.1) is 16.7 Å². The van der Waals surface area contributed by atoms with Crippen molar-refractivity contribution in [2.75, 3.05) is 13.1 Å². The van der Waals surface area contributed by atoms with Gasteiger partial charge in [0.1, 0.15) is 0 Å². The molecule has 0 amide bonds. The Kier molecular flexibility index (Phi) is 3.32. The van der Waals surface area contributed by atoms with E-state index in [1.807, 2.05) is 12.1 Å². The van der Waals surface area contributed by atoms with Crippen LogP contribution in [0.15, 0.2) is 18.2 Å². The van der Waals surface area contributed by atoms with Crippen LogP contribution in [0.25, 0.3) is 0 Å². The molecule has 1 aliphatic heterocycles. The predicted molar refractivity (Wildman–Crippen MR) is 80.2 cm³/mol. The van der Waals surface area contributed by atoms with E-state index >= 15 is 0 Å². The van der Waals surface area contributed by atoms with Crippen molar-refractivity contribution in [3.63, 3.8) is 0 Å². The number of nitriles is 1. The smallest absolute Gasteiger partial charge is 0.0991 e. The Morgan fingerprint density at radius 3 is 2.65 bits per heavy atom. The van der Waals surface area contributed by atoms with E-state index in [1.165, 1.54) is 24.0 Å². The summed E-state index contributed by atoms with van der Waals surface area (Å²) in [4.78, 5) is 2.54. The first kappa shape index (κ1) is 13.6. The third-order valence-electron chi connectivity index (χ3n) is 5.34. The summed E-state index contributed by atoms with van der Waals surface area (Å²) in [6.07, 6.45) is 3.42. The van der Waals surface area contributed by atoms with Crippen LogP contribution in [0.4, 0.5) is 0 Å². The van der Waals surface area contributed by atoms with Crippen molar-refractivity contribution in [1.29, 1.82) is 5.26 Å². The van der Waals surface area contributed by atoms with Crippen molar-refractivity contribution >= 4 is 0 Å². The van der Waals surface area contributed by atoms with E-state index < -0.39 is 0 Å². The molecule has 1 aliphatic carbocycles. The topological polar surface area (TPSA) is 53.0 Å². The van der Waals surface area contributed by atoms with E-state index in [0.29, 0.717) is 6.04 Å². The van der Waals surface area contributed by atoms with Gasteiger partial charge in [-0.05, 0) is 74.9 Å². The summed E-state index contributed by atoms with van der Waals surface area (Å²) in [5, 5.41) is 9.06. The molecule has 1 aromatic rings. The minimum absolute atomic E-state index is 0.0973. The zero-order valence-corrected chi connectivity index (χ0v) is 12.4. The van der Waals surface area contributed by atoms with Crippen molar-refractivity contribution in [2.45, 2.75) is 45.2 Å². The first-order valence-electron chi connectivity index (χ1n) is 7.58. The Hall–Kier alpha value is -1.37. The van der Waals surface area contributed by atoms with Crippen LogP contribution in [0.3, 0.4) is 0 Å². The molecule has 2 aliphatic rings. The van der Waals surface area contributed by atoms with Gasteiger partial charge in [-0.1, -0.05) is 6.07 Å². The standard InChI is InChI=1S/C17H23N3/c1-12(2)20-7-5-17(6-8-20)10-14-4-3-13(11-18)9-15(14)16(17)19/h3-4,9,12,16H,5-8,10,19H2,1-2H3/t16-/m1/s1. The summed E-state index contributed by atoms with van der Waals surface area (Å²) in [5.74, 6) is 0. The normalized spacial score (nSPS) is 24.9. The third-order valence-corrected chi connectivity index (χ3v) is 5.34. The fourth-order valence-corrected chi connectivity index (χ4v) is 3.91. The van der Waals surface area contributed by atoms with Gasteiger partial charge in [-0.2, -0.15) is 5.26 Å². The number of fused-ring (bicyclic) bond motifs is 1. The van der Waals surface area contributed by atoms with Gasteiger partial charge in [0.05, 0.1) is 11.6 Å². The maximum absolute atomic E-state index is 9.06. The van der Waals surface area contributed by atoms with E-state index in [-0.39, 0.29) is 11.5 Å². The van der Waals surface area contributed by atoms with Crippen LogP contribution in [0.5, 0.6) is 0 Å². The van der Waals surface area contributed by atoms with E-state index in [1.54, 1.807) is 0 Å². The summed E-state index contributed by atoms with van der Waals surface area (Å²) in [6.45, 7) is 6.82. The molecule has 0 aromatic heterocycles. The van der Waals surface area contributed by atoms with Crippen LogP contribution in [-0.4, -0.2) is 24.0 Å². The highest BCUT2D eigenvalue weighted by molar-refractivity contribution is 5.44. The van der Waals surface area contributed by atoms with Crippen molar-refractivity contribution < 1.29 is 0 Å². The maximum atomic E-state index is 9.06. The zero-order valence-electron chi connectivity index (χ0n) is 12.4. The van der Waals surface area contributed by atoms with Gasteiger partial charge in [0, 0.05) is 12.1 Å². The molecule has 2 N–H and O–H groups in total. The minimum Gasteiger partial charge on any atom is -0.323 e. The Labute approximate surface area is 121 Å². The molecule has 1 spiro atoms. The molecule has 1 atom stereocenters. The second-order valence-corrected chi connectivity index (χ2v) is 6.67. The Morgan fingerprint density at radius 1 is 1.35 bits per heavy atom. The Balaban J connectivity index is 1.84. The van der Waals surface area contributed by atoms with Gasteiger partial charge in [0.2, 0.25) is 0 Å². The number of hydrogen-bond donors (Lipinski definition) is 1. The first-order valence-corrected chi connectivity index (χ1v) is 7.58. The predicted octanol–water partition coefficient (Wildman–Crippen LogP) is 2.60. The summed E-state index contributed by atoms with van der Waals surface area (Å²) in [5.41, 5.74) is 10.1. The molecular weight excluding hydrogens is 246 g/mol. The first-order chi connectivity index (χ1) is 9.55. The maximum Gasteiger partial charge on any atom is 0.0991 e. The molecule has 3 nitrogen and oxygen atoms in total. The molecule has 1 aromatic carbocycles. The SMILES string of the molecule is CC(C)N1CCC2(CC1)Cc1ccc(C#N)cc1[C@H]2N. The van der Waals surface area contributed by atoms with Gasteiger partial charge < -0.3 is 10.6 Å². The van der Waals surface area contributed by atoms with Gasteiger partial charge in [-0.25, -0.2) is 0 Å². The highest BCUT2D eigenvalue weighted by Gasteiger charge is 2.46. The van der Waals surface area contributed by atoms with Gasteiger partial charge in [0.15, 0.2) is 0 Å². The van der Waals surface area contributed by atoms with Crippen LogP contribution in [0.2, 0.25) is 0 Å². The van der Waals surface area contributed by atoms with Crippen LogP contribution >= 0.6 is 0 Å². The number of piperidine rings is 1. The lowest BCUT2D eigenvalue weighted by Gasteiger charge is -2.43. The highest BCUT2D eigenvalue weighted by Crippen LogP contribution is 2.50. The largest absolute Gasteiger partial charge is 0.323 e. The molecule has 106 valence electrons. The third kappa shape index (κ3) is 2.04. The molecule has 3 rings (SSSR count). The monoisotopic (exact) mass is 269 g/mol. The van der Waals surface area contributed by atoms with Gasteiger partial charge in [-0.3, -0.25) is 0 Å². The summed E-state index contributed by atoms with van der Waals surface area (Å²) in [7, 11) is 0. The average molecular weight is 269 g/mol. The fraction of sp³-hybridized carbons (Fsp3) is 0.588. The summed E-state index contributed by atoms with van der Waals surface area (Å²) < 4.78 is 0.